The van der Waals surface area contributed by atoms with Crippen molar-refractivity contribution in [2.45, 2.75) is 44.9 Å². The number of halogens is 3. The summed E-state index contributed by atoms with van der Waals surface area (Å²) >= 11 is 0. The van der Waals surface area contributed by atoms with Crippen LogP contribution >= 0.6 is 0 Å². The number of carbonyl (C=O) groups excluding carboxylic acids is 1. The van der Waals surface area contributed by atoms with Crippen molar-refractivity contribution in [3.8, 4) is 0 Å². The molecule has 2 amide bonds. The first-order valence-electron chi connectivity index (χ1n) is 8.00. The zero-order valence-electron chi connectivity index (χ0n) is 14.6. The molecule has 0 unspecified atom stereocenters. The van der Waals surface area contributed by atoms with E-state index in [9.17, 15) is 22.8 Å². The molecule has 1 aromatic heterocycles. The fraction of sp³-hybridized carbons (Fsp3) is 0.562. The molecule has 0 spiro atoms. The summed E-state index contributed by atoms with van der Waals surface area (Å²) in [6.07, 6.45) is -5.42. The number of aromatic nitrogens is 1. The maximum absolute atomic E-state index is 12.8. The lowest BCUT2D eigenvalue weighted by Gasteiger charge is -2.30. The molecule has 0 aromatic carbocycles. The molecule has 0 saturated carbocycles. The number of aryl methyl sites for hydroxylation is 1. The average Bonchev–Trinajstić information content (AvgIpc) is 2.97. The molecule has 2 rings (SSSR count). The van der Waals surface area contributed by atoms with Crippen molar-refractivity contribution < 1.29 is 27.9 Å². The van der Waals surface area contributed by atoms with Gasteiger partial charge in [-0.25, -0.2) is 9.78 Å². The number of amides is 2. The van der Waals surface area contributed by atoms with E-state index < -0.39 is 35.5 Å². The van der Waals surface area contributed by atoms with Gasteiger partial charge < -0.3 is 21.1 Å². The van der Waals surface area contributed by atoms with Crippen molar-refractivity contribution >= 4 is 17.8 Å². The molecular formula is C16H21F3N4O3. The van der Waals surface area contributed by atoms with Crippen molar-refractivity contribution in [3.63, 3.8) is 0 Å². The molecule has 0 radical (unpaired) electrons. The largest absolute Gasteiger partial charge is 0.465 e. The van der Waals surface area contributed by atoms with Gasteiger partial charge in [0.05, 0.1) is 6.04 Å². The van der Waals surface area contributed by atoms with E-state index in [4.69, 9.17) is 5.11 Å². The Bertz CT molecular complexity index is 706. The number of carbonyl (C=O) groups is 2. The SMILES string of the molecule is Cc1ccc(C(F)(F)F)nc1NC(=O)[C@@H]1C[C@H](C(C)(C)NC(=O)O)CN1. The molecular weight excluding hydrogens is 353 g/mol. The predicted octanol–water partition coefficient (Wildman–Crippen LogP) is 2.37. The van der Waals surface area contributed by atoms with E-state index in [2.05, 4.69) is 20.9 Å². The lowest BCUT2D eigenvalue weighted by molar-refractivity contribution is -0.141. The third kappa shape index (κ3) is 4.63. The van der Waals surface area contributed by atoms with Gasteiger partial charge in [0.15, 0.2) is 0 Å². The van der Waals surface area contributed by atoms with Crippen LogP contribution in [0.4, 0.5) is 23.8 Å². The molecule has 2 heterocycles. The molecule has 4 N–H and O–H groups in total. The summed E-state index contributed by atoms with van der Waals surface area (Å²) in [6, 6.07) is 1.45. The van der Waals surface area contributed by atoms with Gasteiger partial charge >= 0.3 is 12.3 Å². The summed E-state index contributed by atoms with van der Waals surface area (Å²) < 4.78 is 38.3. The number of nitrogens with one attached hydrogen (secondary N) is 3. The van der Waals surface area contributed by atoms with E-state index in [0.717, 1.165) is 6.07 Å². The van der Waals surface area contributed by atoms with Crippen LogP contribution < -0.4 is 16.0 Å². The van der Waals surface area contributed by atoms with Gasteiger partial charge in [-0.15, -0.1) is 0 Å². The minimum atomic E-state index is -4.60. The number of carboxylic acid groups (broad SMARTS) is 1. The average molecular weight is 374 g/mol. The van der Waals surface area contributed by atoms with Gasteiger partial charge in [-0.1, -0.05) is 6.07 Å². The van der Waals surface area contributed by atoms with E-state index in [1.807, 2.05) is 0 Å². The van der Waals surface area contributed by atoms with Crippen LogP contribution in [0.3, 0.4) is 0 Å². The summed E-state index contributed by atoms with van der Waals surface area (Å²) in [5.74, 6) is -0.795. The Balaban J connectivity index is 2.07. The lowest BCUT2D eigenvalue weighted by atomic mass is 9.85. The molecule has 1 fully saturated rings. The van der Waals surface area contributed by atoms with Crippen LogP contribution in [0.1, 0.15) is 31.5 Å². The minimum Gasteiger partial charge on any atom is -0.465 e. The molecule has 1 aliphatic rings. The monoisotopic (exact) mass is 374 g/mol. The third-order valence-electron chi connectivity index (χ3n) is 4.53. The molecule has 26 heavy (non-hydrogen) atoms. The molecule has 10 heteroatoms. The topological polar surface area (TPSA) is 103 Å². The van der Waals surface area contributed by atoms with Crippen LogP contribution in [0.15, 0.2) is 12.1 Å². The van der Waals surface area contributed by atoms with Crippen molar-refractivity contribution in [1.82, 2.24) is 15.6 Å². The smallest absolute Gasteiger partial charge is 0.433 e. The van der Waals surface area contributed by atoms with Gasteiger partial charge in [0, 0.05) is 12.1 Å². The van der Waals surface area contributed by atoms with Crippen LogP contribution in [-0.2, 0) is 11.0 Å². The van der Waals surface area contributed by atoms with E-state index >= 15 is 0 Å². The number of hydrogen-bond acceptors (Lipinski definition) is 4. The van der Waals surface area contributed by atoms with Gasteiger partial charge in [-0.3, -0.25) is 4.79 Å². The summed E-state index contributed by atoms with van der Waals surface area (Å²) in [5, 5.41) is 16.7. The molecule has 1 aliphatic heterocycles. The Hall–Kier alpha value is -2.36. The number of nitrogens with zero attached hydrogens (tertiary/aromatic N) is 1. The Morgan fingerprint density at radius 2 is 1.96 bits per heavy atom. The lowest BCUT2D eigenvalue weighted by Crippen LogP contribution is -2.49. The zero-order valence-corrected chi connectivity index (χ0v) is 14.6. The molecule has 7 nitrogen and oxygen atoms in total. The van der Waals surface area contributed by atoms with Gasteiger partial charge in [0.25, 0.3) is 0 Å². The second kappa shape index (κ2) is 7.10. The highest BCUT2D eigenvalue weighted by Gasteiger charge is 2.39. The maximum atomic E-state index is 12.8. The van der Waals surface area contributed by atoms with Gasteiger partial charge in [-0.2, -0.15) is 13.2 Å². The quantitative estimate of drug-likeness (QED) is 0.648. The number of rotatable bonds is 4. The standard InChI is InChI=1S/C16H21F3N4O3/c1-8-4-5-11(16(17,18)19)21-12(8)22-13(24)10-6-9(7-20-10)15(2,3)23-14(25)26/h4-5,9-10,20,23H,6-7H2,1-3H3,(H,25,26)(H,21,22,24)/t9-,10-/m0/s1. The van der Waals surface area contributed by atoms with Crippen LogP contribution in [0.25, 0.3) is 0 Å². The fourth-order valence-corrected chi connectivity index (χ4v) is 2.88. The molecule has 1 saturated heterocycles. The number of hydrogen-bond donors (Lipinski definition) is 4. The summed E-state index contributed by atoms with van der Waals surface area (Å²) in [5.41, 5.74) is -1.42. The van der Waals surface area contributed by atoms with Crippen LogP contribution in [0.2, 0.25) is 0 Å². The molecule has 0 bridgehead atoms. The van der Waals surface area contributed by atoms with Crippen molar-refractivity contribution in [1.29, 1.82) is 0 Å². The second-order valence-electron chi connectivity index (χ2n) is 6.89. The van der Waals surface area contributed by atoms with Crippen molar-refractivity contribution in [3.05, 3.63) is 23.4 Å². The second-order valence-corrected chi connectivity index (χ2v) is 6.89. The Morgan fingerprint density at radius 1 is 1.31 bits per heavy atom. The van der Waals surface area contributed by atoms with Crippen LogP contribution in [0.5, 0.6) is 0 Å². The van der Waals surface area contributed by atoms with Gasteiger partial charge in [0.2, 0.25) is 5.91 Å². The van der Waals surface area contributed by atoms with E-state index in [0.29, 0.717) is 18.5 Å². The van der Waals surface area contributed by atoms with Crippen LogP contribution in [-0.4, -0.2) is 40.2 Å². The van der Waals surface area contributed by atoms with E-state index in [1.54, 1.807) is 20.8 Å². The number of anilines is 1. The first-order chi connectivity index (χ1) is 11.9. The predicted molar refractivity (Wildman–Crippen MR) is 87.7 cm³/mol. The van der Waals surface area contributed by atoms with E-state index in [-0.39, 0.29) is 11.7 Å². The highest BCUT2D eigenvalue weighted by molar-refractivity contribution is 5.94. The summed E-state index contributed by atoms with van der Waals surface area (Å²) in [7, 11) is 0. The fourth-order valence-electron chi connectivity index (χ4n) is 2.88. The first kappa shape index (κ1) is 20.0. The molecule has 144 valence electrons. The van der Waals surface area contributed by atoms with E-state index in [1.165, 1.54) is 6.07 Å². The Morgan fingerprint density at radius 3 is 2.54 bits per heavy atom. The highest BCUT2D eigenvalue weighted by atomic mass is 19.4. The first-order valence-corrected chi connectivity index (χ1v) is 8.00. The number of pyridine rings is 1. The number of alkyl halides is 3. The highest BCUT2D eigenvalue weighted by Crippen LogP contribution is 2.30. The molecule has 0 aliphatic carbocycles. The zero-order chi connectivity index (χ0) is 19.7. The minimum absolute atomic E-state index is 0.141. The Labute approximate surface area is 148 Å². The van der Waals surface area contributed by atoms with Crippen LogP contribution in [0, 0.1) is 12.8 Å². The van der Waals surface area contributed by atoms with Gasteiger partial charge in [-0.05, 0) is 44.7 Å². The summed E-state index contributed by atoms with van der Waals surface area (Å²) in [6.45, 7) is 5.38. The maximum Gasteiger partial charge on any atom is 0.433 e. The normalized spacial score (nSPS) is 20.7. The Kier molecular flexibility index (Phi) is 5.45. The van der Waals surface area contributed by atoms with Crippen molar-refractivity contribution in [2.24, 2.45) is 5.92 Å². The van der Waals surface area contributed by atoms with Gasteiger partial charge in [0.1, 0.15) is 11.5 Å². The van der Waals surface area contributed by atoms with Crippen molar-refractivity contribution in [2.75, 3.05) is 11.9 Å². The molecule has 1 aromatic rings. The molecule has 2 atom stereocenters. The third-order valence-corrected chi connectivity index (χ3v) is 4.53. The summed E-state index contributed by atoms with van der Waals surface area (Å²) in [4.78, 5) is 26.7.